The summed E-state index contributed by atoms with van der Waals surface area (Å²) in [7, 11) is 0. The van der Waals surface area contributed by atoms with E-state index in [1.54, 1.807) is 6.07 Å². The van der Waals surface area contributed by atoms with E-state index in [-0.39, 0.29) is 5.75 Å². The lowest BCUT2D eigenvalue weighted by atomic mass is 10.1. The third-order valence-corrected chi connectivity index (χ3v) is 2.98. The van der Waals surface area contributed by atoms with Gasteiger partial charge in [-0.15, -0.1) is 0 Å². The highest BCUT2D eigenvalue weighted by atomic mass is 16.5. The second-order valence-electron chi connectivity index (χ2n) is 4.29. The van der Waals surface area contributed by atoms with Gasteiger partial charge in [0.05, 0.1) is 18.9 Å². The Balaban J connectivity index is 2.05. The van der Waals surface area contributed by atoms with E-state index in [0.717, 1.165) is 31.9 Å². The highest BCUT2D eigenvalue weighted by Gasteiger charge is 2.18. The molecule has 0 aromatic heterocycles. The van der Waals surface area contributed by atoms with Crippen molar-refractivity contribution in [3.05, 3.63) is 23.8 Å². The zero-order valence-corrected chi connectivity index (χ0v) is 9.52. The van der Waals surface area contributed by atoms with Gasteiger partial charge in [0.15, 0.2) is 0 Å². The number of anilines is 1. The minimum Gasteiger partial charge on any atom is -0.506 e. The van der Waals surface area contributed by atoms with Crippen LogP contribution in [-0.2, 0) is 11.3 Å². The summed E-state index contributed by atoms with van der Waals surface area (Å²) in [5.74, 6) is 0.152. The Labute approximate surface area is 95.6 Å². The molecule has 4 heteroatoms. The van der Waals surface area contributed by atoms with Crippen LogP contribution in [0.2, 0.25) is 0 Å². The summed E-state index contributed by atoms with van der Waals surface area (Å²) in [6.45, 7) is 5.53. The van der Waals surface area contributed by atoms with Crippen molar-refractivity contribution >= 4 is 5.69 Å². The summed E-state index contributed by atoms with van der Waals surface area (Å²) in [6, 6.07) is 5.82. The van der Waals surface area contributed by atoms with Crippen molar-refractivity contribution in [2.75, 3.05) is 25.5 Å². The first kappa shape index (κ1) is 11.2. The Morgan fingerprint density at radius 1 is 1.56 bits per heavy atom. The fraction of sp³-hybridized carbons (Fsp3) is 0.500. The molecule has 1 aromatic rings. The maximum Gasteiger partial charge on any atom is 0.138 e. The number of nitrogens with two attached hydrogens (primary N) is 1. The van der Waals surface area contributed by atoms with Gasteiger partial charge in [-0.05, 0) is 24.6 Å². The molecule has 1 aliphatic rings. The van der Waals surface area contributed by atoms with E-state index in [0.29, 0.717) is 11.7 Å². The highest BCUT2D eigenvalue weighted by molar-refractivity contribution is 5.53. The smallest absolute Gasteiger partial charge is 0.138 e. The van der Waals surface area contributed by atoms with Crippen LogP contribution in [0.15, 0.2) is 18.2 Å². The topological polar surface area (TPSA) is 58.7 Å². The molecular formula is C12H18N2O2. The number of benzene rings is 1. The number of hydrogen-bond acceptors (Lipinski definition) is 4. The molecule has 0 amide bonds. The first-order chi connectivity index (χ1) is 7.66. The van der Waals surface area contributed by atoms with Crippen LogP contribution in [0.4, 0.5) is 5.69 Å². The Bertz CT molecular complexity index is 368. The quantitative estimate of drug-likeness (QED) is 0.583. The zero-order valence-electron chi connectivity index (χ0n) is 9.52. The lowest BCUT2D eigenvalue weighted by Gasteiger charge is -2.33. The average Bonchev–Trinajstić information content (AvgIpc) is 2.27. The molecule has 0 saturated carbocycles. The number of nitrogen functional groups attached to an aromatic ring is 1. The molecule has 1 heterocycles. The monoisotopic (exact) mass is 222 g/mol. The molecule has 1 aromatic carbocycles. The fourth-order valence-corrected chi connectivity index (χ4v) is 1.93. The minimum absolute atomic E-state index is 0.152. The summed E-state index contributed by atoms with van der Waals surface area (Å²) in [4.78, 5) is 2.36. The van der Waals surface area contributed by atoms with E-state index in [2.05, 4.69) is 11.8 Å². The highest BCUT2D eigenvalue weighted by Crippen LogP contribution is 2.22. The fourth-order valence-electron chi connectivity index (χ4n) is 1.93. The van der Waals surface area contributed by atoms with E-state index >= 15 is 0 Å². The van der Waals surface area contributed by atoms with Gasteiger partial charge in [0.1, 0.15) is 5.75 Å². The maximum atomic E-state index is 9.34. The summed E-state index contributed by atoms with van der Waals surface area (Å²) in [5.41, 5.74) is 7.24. The number of aromatic hydroxyl groups is 1. The standard InChI is InChI=1S/C12H18N2O2/c1-9-8-16-5-4-14(9)7-10-2-3-12(15)11(13)6-10/h2-3,6,9,15H,4-5,7-8,13H2,1H3. The van der Waals surface area contributed by atoms with E-state index in [4.69, 9.17) is 10.5 Å². The number of nitrogens with zero attached hydrogens (tertiary/aromatic N) is 1. The van der Waals surface area contributed by atoms with Crippen LogP contribution in [0.25, 0.3) is 0 Å². The lowest BCUT2D eigenvalue weighted by Crippen LogP contribution is -2.42. The van der Waals surface area contributed by atoms with E-state index < -0.39 is 0 Å². The van der Waals surface area contributed by atoms with Crippen LogP contribution in [0.5, 0.6) is 5.75 Å². The molecule has 1 aliphatic heterocycles. The van der Waals surface area contributed by atoms with Crippen molar-refractivity contribution in [3.63, 3.8) is 0 Å². The van der Waals surface area contributed by atoms with Gasteiger partial charge in [-0.25, -0.2) is 0 Å². The van der Waals surface area contributed by atoms with Gasteiger partial charge >= 0.3 is 0 Å². The molecule has 0 spiro atoms. The first-order valence-corrected chi connectivity index (χ1v) is 5.56. The van der Waals surface area contributed by atoms with E-state index in [9.17, 15) is 5.11 Å². The number of ether oxygens (including phenoxy) is 1. The van der Waals surface area contributed by atoms with Gasteiger partial charge in [0.2, 0.25) is 0 Å². The van der Waals surface area contributed by atoms with Gasteiger partial charge in [-0.1, -0.05) is 6.07 Å². The van der Waals surface area contributed by atoms with Crippen molar-refractivity contribution in [2.45, 2.75) is 19.5 Å². The van der Waals surface area contributed by atoms with Gasteiger partial charge in [0, 0.05) is 19.1 Å². The molecule has 1 unspecified atom stereocenters. The number of phenols is 1. The molecule has 1 atom stereocenters. The first-order valence-electron chi connectivity index (χ1n) is 5.56. The van der Waals surface area contributed by atoms with E-state index in [1.165, 1.54) is 0 Å². The third-order valence-electron chi connectivity index (χ3n) is 2.98. The normalized spacial score (nSPS) is 22.2. The van der Waals surface area contributed by atoms with Crippen LogP contribution >= 0.6 is 0 Å². The predicted octanol–water partition coefficient (Wildman–Crippen LogP) is 1.20. The molecule has 88 valence electrons. The number of rotatable bonds is 2. The van der Waals surface area contributed by atoms with Crippen LogP contribution in [0.1, 0.15) is 12.5 Å². The molecule has 0 radical (unpaired) electrons. The summed E-state index contributed by atoms with van der Waals surface area (Å²) in [6.07, 6.45) is 0. The van der Waals surface area contributed by atoms with Gasteiger partial charge in [-0.3, -0.25) is 4.90 Å². The Morgan fingerprint density at radius 2 is 2.38 bits per heavy atom. The van der Waals surface area contributed by atoms with Crippen molar-refractivity contribution < 1.29 is 9.84 Å². The van der Waals surface area contributed by atoms with Crippen LogP contribution in [0.3, 0.4) is 0 Å². The molecular weight excluding hydrogens is 204 g/mol. The SMILES string of the molecule is CC1COCCN1Cc1ccc(O)c(N)c1. The van der Waals surface area contributed by atoms with Crippen molar-refractivity contribution in [2.24, 2.45) is 0 Å². The number of phenolic OH excluding ortho intramolecular Hbond substituents is 1. The van der Waals surface area contributed by atoms with Gasteiger partial charge < -0.3 is 15.6 Å². The minimum atomic E-state index is 0.152. The molecule has 3 N–H and O–H groups in total. The second-order valence-corrected chi connectivity index (χ2v) is 4.29. The molecule has 16 heavy (non-hydrogen) atoms. The summed E-state index contributed by atoms with van der Waals surface area (Å²) >= 11 is 0. The summed E-state index contributed by atoms with van der Waals surface area (Å²) in [5, 5.41) is 9.34. The van der Waals surface area contributed by atoms with Crippen molar-refractivity contribution in [1.29, 1.82) is 0 Å². The van der Waals surface area contributed by atoms with Crippen LogP contribution in [0, 0.1) is 0 Å². The largest absolute Gasteiger partial charge is 0.506 e. The van der Waals surface area contributed by atoms with E-state index in [1.807, 2.05) is 12.1 Å². The third kappa shape index (κ3) is 2.46. The molecule has 0 aliphatic carbocycles. The van der Waals surface area contributed by atoms with Gasteiger partial charge in [0.25, 0.3) is 0 Å². The molecule has 1 saturated heterocycles. The van der Waals surface area contributed by atoms with Crippen LogP contribution in [-0.4, -0.2) is 35.8 Å². The molecule has 0 bridgehead atoms. The average molecular weight is 222 g/mol. The lowest BCUT2D eigenvalue weighted by molar-refractivity contribution is -0.00436. The van der Waals surface area contributed by atoms with Crippen molar-refractivity contribution in [1.82, 2.24) is 4.90 Å². The number of hydrogen-bond donors (Lipinski definition) is 2. The Kier molecular flexibility index (Phi) is 3.31. The zero-order chi connectivity index (χ0) is 11.5. The summed E-state index contributed by atoms with van der Waals surface area (Å²) < 4.78 is 5.39. The predicted molar refractivity (Wildman–Crippen MR) is 63.2 cm³/mol. The Hall–Kier alpha value is -1.26. The van der Waals surface area contributed by atoms with Crippen molar-refractivity contribution in [3.8, 4) is 5.75 Å². The molecule has 1 fully saturated rings. The number of morpholine rings is 1. The van der Waals surface area contributed by atoms with Gasteiger partial charge in [-0.2, -0.15) is 0 Å². The second kappa shape index (κ2) is 4.72. The molecule has 4 nitrogen and oxygen atoms in total. The van der Waals surface area contributed by atoms with Crippen LogP contribution < -0.4 is 5.73 Å². The molecule has 2 rings (SSSR count). The maximum absolute atomic E-state index is 9.34. The Morgan fingerprint density at radius 3 is 3.06 bits per heavy atom.